The molecule has 1 aromatic rings. The van der Waals surface area contributed by atoms with Gasteiger partial charge in [0.05, 0.1) is 5.71 Å². The molecule has 0 atom stereocenters. The topological polar surface area (TPSA) is 49.6 Å². The van der Waals surface area contributed by atoms with Crippen molar-refractivity contribution in [2.24, 2.45) is 0 Å². The van der Waals surface area contributed by atoms with Crippen LogP contribution < -0.4 is 0 Å². The molecule has 1 aromatic heterocycles. The summed E-state index contributed by atoms with van der Waals surface area (Å²) in [5, 5.41) is 15.0. The molecule has 0 radical (unpaired) electrons. The zero-order chi connectivity index (χ0) is 5.98. The van der Waals surface area contributed by atoms with Crippen LogP contribution in [0.4, 0.5) is 0 Å². The van der Waals surface area contributed by atoms with Crippen LogP contribution in [0, 0.1) is 5.41 Å². The minimum atomic E-state index is 0.479. The Kier molecular flexibility index (Phi) is 1.34. The van der Waals surface area contributed by atoms with E-state index < -0.39 is 0 Å². The zero-order valence-corrected chi connectivity index (χ0v) is 5.20. The van der Waals surface area contributed by atoms with E-state index in [4.69, 9.17) is 5.41 Å². The van der Waals surface area contributed by atoms with E-state index in [1.165, 1.54) is 11.3 Å². The van der Waals surface area contributed by atoms with E-state index in [-0.39, 0.29) is 0 Å². The third kappa shape index (κ3) is 0.894. The van der Waals surface area contributed by atoms with Crippen molar-refractivity contribution in [3.8, 4) is 0 Å². The van der Waals surface area contributed by atoms with E-state index >= 15 is 0 Å². The summed E-state index contributed by atoms with van der Waals surface area (Å²) >= 11 is 1.38. The quantitative estimate of drug-likeness (QED) is 0.570. The smallest absolute Gasteiger partial charge is 0.160 e. The first-order chi connectivity index (χ1) is 3.80. The number of hydrogen-bond donors (Lipinski definition) is 1. The third-order valence-electron chi connectivity index (χ3n) is 0.681. The molecule has 0 bridgehead atoms. The minimum Gasteiger partial charge on any atom is -0.302 e. The molecule has 0 aliphatic carbocycles. The maximum absolute atomic E-state index is 7.06. The molecule has 8 heavy (non-hydrogen) atoms. The molecule has 0 aliphatic heterocycles. The lowest BCUT2D eigenvalue weighted by Gasteiger charge is -1.80. The Bertz CT molecular complexity index is 179. The van der Waals surface area contributed by atoms with Gasteiger partial charge >= 0.3 is 0 Å². The Balaban J connectivity index is 2.93. The van der Waals surface area contributed by atoms with Gasteiger partial charge < -0.3 is 5.41 Å². The number of hydrogen-bond acceptors (Lipinski definition) is 4. The van der Waals surface area contributed by atoms with Crippen molar-refractivity contribution in [3.63, 3.8) is 0 Å². The lowest BCUT2D eigenvalue weighted by molar-refractivity contribution is 1.08. The second kappa shape index (κ2) is 2.00. The summed E-state index contributed by atoms with van der Waals surface area (Å²) < 4.78 is 0. The van der Waals surface area contributed by atoms with Crippen molar-refractivity contribution in [3.05, 3.63) is 10.5 Å². The van der Waals surface area contributed by atoms with Crippen LogP contribution in [-0.4, -0.2) is 15.9 Å². The van der Waals surface area contributed by atoms with Crippen LogP contribution in [0.15, 0.2) is 5.51 Å². The highest BCUT2D eigenvalue weighted by Gasteiger charge is 1.94. The molecule has 0 saturated heterocycles. The Morgan fingerprint density at radius 3 is 2.88 bits per heavy atom. The van der Waals surface area contributed by atoms with Crippen molar-refractivity contribution in [2.75, 3.05) is 0 Å². The third-order valence-corrected chi connectivity index (χ3v) is 1.49. The minimum absolute atomic E-state index is 0.479. The van der Waals surface area contributed by atoms with Crippen molar-refractivity contribution in [1.29, 1.82) is 5.41 Å². The van der Waals surface area contributed by atoms with Gasteiger partial charge in [-0.3, -0.25) is 0 Å². The van der Waals surface area contributed by atoms with Gasteiger partial charge in [0.25, 0.3) is 0 Å². The van der Waals surface area contributed by atoms with Gasteiger partial charge in [-0.2, -0.15) is 0 Å². The summed E-state index contributed by atoms with van der Waals surface area (Å²) in [6, 6.07) is 0. The molecule has 0 saturated carbocycles. The summed E-state index contributed by atoms with van der Waals surface area (Å²) in [7, 11) is 0. The second-order valence-corrected chi connectivity index (χ2v) is 2.20. The van der Waals surface area contributed by atoms with Crippen LogP contribution in [-0.2, 0) is 0 Å². The first kappa shape index (κ1) is 5.37. The predicted molar refractivity (Wildman–Crippen MR) is 32.4 cm³/mol. The molecule has 0 amide bonds. The average molecular weight is 127 g/mol. The van der Waals surface area contributed by atoms with Crippen molar-refractivity contribution < 1.29 is 0 Å². The first-order valence-corrected chi connectivity index (χ1v) is 3.00. The maximum Gasteiger partial charge on any atom is 0.160 e. The fourth-order valence-electron chi connectivity index (χ4n) is 0.336. The lowest BCUT2D eigenvalue weighted by Crippen LogP contribution is -1.88. The van der Waals surface area contributed by atoms with Crippen LogP contribution in [0.2, 0.25) is 0 Å². The second-order valence-electron chi connectivity index (χ2n) is 1.37. The number of rotatable bonds is 1. The largest absolute Gasteiger partial charge is 0.302 e. The summed E-state index contributed by atoms with van der Waals surface area (Å²) in [6.07, 6.45) is 0. The fraction of sp³-hybridized carbons (Fsp3) is 0.250. The van der Waals surface area contributed by atoms with Gasteiger partial charge in [-0.05, 0) is 6.92 Å². The number of aromatic nitrogens is 2. The Morgan fingerprint density at radius 2 is 2.62 bits per heavy atom. The van der Waals surface area contributed by atoms with E-state index in [1.54, 1.807) is 12.4 Å². The molecule has 1 heterocycles. The highest BCUT2D eigenvalue weighted by atomic mass is 32.1. The van der Waals surface area contributed by atoms with Crippen molar-refractivity contribution >= 4 is 17.0 Å². The van der Waals surface area contributed by atoms with Gasteiger partial charge in [0, 0.05) is 0 Å². The van der Waals surface area contributed by atoms with Gasteiger partial charge in [0.15, 0.2) is 5.01 Å². The van der Waals surface area contributed by atoms with E-state index in [0.29, 0.717) is 10.7 Å². The zero-order valence-electron chi connectivity index (χ0n) is 4.38. The standard InChI is InChI=1S/C4H5N3S/c1-3(5)4-7-6-2-8-4/h2,5H,1H3. The Labute approximate surface area is 50.9 Å². The lowest BCUT2D eigenvalue weighted by atomic mass is 10.5. The molecule has 3 nitrogen and oxygen atoms in total. The van der Waals surface area contributed by atoms with E-state index in [1.807, 2.05) is 0 Å². The average Bonchev–Trinajstić information content (AvgIpc) is 2.12. The summed E-state index contributed by atoms with van der Waals surface area (Å²) in [5.41, 5.74) is 2.10. The van der Waals surface area contributed by atoms with Gasteiger partial charge in [-0.1, -0.05) is 11.3 Å². The molecular formula is C4H5N3S. The van der Waals surface area contributed by atoms with E-state index in [9.17, 15) is 0 Å². The molecule has 42 valence electrons. The van der Waals surface area contributed by atoms with Crippen LogP contribution in [0.5, 0.6) is 0 Å². The van der Waals surface area contributed by atoms with Gasteiger partial charge in [-0.25, -0.2) is 0 Å². The normalized spacial score (nSPS) is 9.12. The SMILES string of the molecule is CC(=N)c1nncs1. The summed E-state index contributed by atoms with van der Waals surface area (Å²) in [5.74, 6) is 0. The molecule has 0 unspecified atom stereocenters. The molecular weight excluding hydrogens is 122 g/mol. The van der Waals surface area contributed by atoms with Crippen LogP contribution >= 0.6 is 11.3 Å². The monoisotopic (exact) mass is 127 g/mol. The van der Waals surface area contributed by atoms with Crippen LogP contribution in [0.1, 0.15) is 11.9 Å². The maximum atomic E-state index is 7.06. The molecule has 0 fully saturated rings. The molecule has 0 aromatic carbocycles. The highest BCUT2D eigenvalue weighted by molar-refractivity contribution is 7.11. The molecule has 1 N–H and O–H groups in total. The number of nitrogens with one attached hydrogen (secondary N) is 1. The summed E-state index contributed by atoms with van der Waals surface area (Å²) in [6.45, 7) is 1.69. The summed E-state index contributed by atoms with van der Waals surface area (Å²) in [4.78, 5) is 0. The molecule has 1 rings (SSSR count). The molecule has 0 spiro atoms. The van der Waals surface area contributed by atoms with Crippen LogP contribution in [0.25, 0.3) is 0 Å². The Hall–Kier alpha value is -0.770. The molecule has 0 aliphatic rings. The van der Waals surface area contributed by atoms with Crippen LogP contribution in [0.3, 0.4) is 0 Å². The van der Waals surface area contributed by atoms with Gasteiger partial charge in [0.2, 0.25) is 0 Å². The fourth-order valence-corrected chi connectivity index (χ4v) is 0.802. The first-order valence-electron chi connectivity index (χ1n) is 2.12. The van der Waals surface area contributed by atoms with E-state index in [0.717, 1.165) is 0 Å². The predicted octanol–water partition coefficient (Wildman–Crippen LogP) is 0.926. The van der Waals surface area contributed by atoms with Crippen molar-refractivity contribution in [2.45, 2.75) is 6.92 Å². The van der Waals surface area contributed by atoms with Crippen molar-refractivity contribution in [1.82, 2.24) is 10.2 Å². The Morgan fingerprint density at radius 1 is 1.88 bits per heavy atom. The molecule has 4 heteroatoms. The van der Waals surface area contributed by atoms with Gasteiger partial charge in [0.1, 0.15) is 5.51 Å². The van der Waals surface area contributed by atoms with Gasteiger partial charge in [-0.15, -0.1) is 10.2 Å². The van der Waals surface area contributed by atoms with E-state index in [2.05, 4.69) is 10.2 Å². The number of nitrogens with zero attached hydrogens (tertiary/aromatic N) is 2. The highest BCUT2D eigenvalue weighted by Crippen LogP contribution is 2.00.